The maximum Gasteiger partial charge on any atom is 0.319 e. The SMILES string of the molecule is CN(Cc1nccn1C(F)F)C(=O)c1csc(Br)c1. The van der Waals surface area contributed by atoms with Gasteiger partial charge in [0.15, 0.2) is 0 Å². The summed E-state index contributed by atoms with van der Waals surface area (Å²) in [7, 11) is 1.55. The van der Waals surface area contributed by atoms with Crippen LogP contribution in [0.15, 0.2) is 27.6 Å². The minimum Gasteiger partial charge on any atom is -0.334 e. The predicted octanol–water partition coefficient (Wildman–Crippen LogP) is 3.37. The maximum absolute atomic E-state index is 12.7. The standard InChI is InChI=1S/C11H10BrF2N3OS/c1-16(10(18)7-4-8(12)19-6-7)5-9-15-2-3-17(9)11(13)14/h2-4,6,11H,5H2,1H3. The molecule has 2 heterocycles. The molecule has 0 aromatic carbocycles. The lowest BCUT2D eigenvalue weighted by Crippen LogP contribution is -2.27. The fourth-order valence-corrected chi connectivity index (χ4v) is 2.70. The van der Waals surface area contributed by atoms with E-state index in [1.807, 2.05) is 0 Å². The first-order chi connectivity index (χ1) is 8.99. The Labute approximate surface area is 120 Å². The summed E-state index contributed by atoms with van der Waals surface area (Å²) in [6.45, 7) is -2.62. The van der Waals surface area contributed by atoms with E-state index in [4.69, 9.17) is 0 Å². The van der Waals surface area contributed by atoms with Crippen LogP contribution >= 0.6 is 27.3 Å². The molecule has 1 amide bonds. The highest BCUT2D eigenvalue weighted by molar-refractivity contribution is 9.11. The van der Waals surface area contributed by atoms with Crippen molar-refractivity contribution >= 4 is 33.2 Å². The Morgan fingerprint density at radius 3 is 2.95 bits per heavy atom. The van der Waals surface area contributed by atoms with Gasteiger partial charge < -0.3 is 4.90 Å². The molecule has 4 nitrogen and oxygen atoms in total. The molecule has 0 N–H and O–H groups in total. The molecule has 0 bridgehead atoms. The normalized spacial score (nSPS) is 11.0. The summed E-state index contributed by atoms with van der Waals surface area (Å²) in [6, 6.07) is 1.70. The van der Waals surface area contributed by atoms with Crippen molar-refractivity contribution in [1.29, 1.82) is 0 Å². The van der Waals surface area contributed by atoms with Crippen LogP contribution in [0.1, 0.15) is 22.7 Å². The second-order valence-corrected chi connectivity index (χ2v) is 6.12. The molecule has 2 aromatic rings. The van der Waals surface area contributed by atoms with E-state index in [2.05, 4.69) is 20.9 Å². The zero-order valence-electron chi connectivity index (χ0n) is 9.89. The summed E-state index contributed by atoms with van der Waals surface area (Å²) in [4.78, 5) is 17.3. The molecule has 102 valence electrons. The van der Waals surface area contributed by atoms with Gasteiger partial charge in [-0.05, 0) is 22.0 Å². The molecule has 0 aliphatic carbocycles. The Kier molecular flexibility index (Phi) is 4.31. The summed E-state index contributed by atoms with van der Waals surface area (Å²) >= 11 is 4.67. The third kappa shape index (κ3) is 3.19. The van der Waals surface area contributed by atoms with Gasteiger partial charge in [-0.1, -0.05) is 0 Å². The zero-order chi connectivity index (χ0) is 14.0. The fourth-order valence-electron chi connectivity index (χ4n) is 1.57. The number of carbonyl (C=O) groups is 1. The van der Waals surface area contributed by atoms with E-state index in [-0.39, 0.29) is 18.3 Å². The van der Waals surface area contributed by atoms with E-state index in [9.17, 15) is 13.6 Å². The number of carbonyl (C=O) groups excluding carboxylic acids is 1. The quantitative estimate of drug-likeness (QED) is 0.848. The second kappa shape index (κ2) is 5.79. The first-order valence-electron chi connectivity index (χ1n) is 5.28. The molecule has 0 spiro atoms. The summed E-state index contributed by atoms with van der Waals surface area (Å²) in [5, 5.41) is 1.71. The maximum atomic E-state index is 12.7. The molecule has 0 unspecified atom stereocenters. The van der Waals surface area contributed by atoms with E-state index in [0.717, 1.165) is 8.35 Å². The van der Waals surface area contributed by atoms with Crippen LogP contribution in [0.4, 0.5) is 8.78 Å². The molecule has 19 heavy (non-hydrogen) atoms. The van der Waals surface area contributed by atoms with Gasteiger partial charge in [-0.2, -0.15) is 8.78 Å². The van der Waals surface area contributed by atoms with Gasteiger partial charge in [-0.25, -0.2) is 4.98 Å². The molecule has 0 radical (unpaired) electrons. The number of amides is 1. The Morgan fingerprint density at radius 1 is 1.63 bits per heavy atom. The number of thiophene rings is 1. The van der Waals surface area contributed by atoms with E-state index >= 15 is 0 Å². The van der Waals surface area contributed by atoms with E-state index < -0.39 is 6.55 Å². The predicted molar refractivity (Wildman–Crippen MR) is 71.3 cm³/mol. The third-order valence-corrected chi connectivity index (χ3v) is 4.00. The summed E-state index contributed by atoms with van der Waals surface area (Å²) < 4.78 is 26.9. The molecule has 0 aliphatic rings. The largest absolute Gasteiger partial charge is 0.334 e. The Hall–Kier alpha value is -1.28. The first-order valence-corrected chi connectivity index (χ1v) is 6.95. The van der Waals surface area contributed by atoms with Crippen LogP contribution in [0.5, 0.6) is 0 Å². The molecule has 0 fully saturated rings. The van der Waals surface area contributed by atoms with Gasteiger partial charge in [-0.3, -0.25) is 9.36 Å². The molecule has 0 saturated carbocycles. The number of rotatable bonds is 4. The number of aromatic nitrogens is 2. The molecule has 8 heteroatoms. The van der Waals surface area contributed by atoms with Crippen molar-refractivity contribution in [3.63, 3.8) is 0 Å². The van der Waals surface area contributed by atoms with Crippen molar-refractivity contribution < 1.29 is 13.6 Å². The second-order valence-electron chi connectivity index (χ2n) is 3.83. The molecule has 0 aliphatic heterocycles. The van der Waals surface area contributed by atoms with E-state index in [1.165, 1.54) is 28.6 Å². The lowest BCUT2D eigenvalue weighted by Gasteiger charge is -2.16. The number of hydrogen-bond acceptors (Lipinski definition) is 3. The van der Waals surface area contributed by atoms with Crippen molar-refractivity contribution in [3.05, 3.63) is 39.0 Å². The summed E-state index contributed by atoms with van der Waals surface area (Å²) in [6.07, 6.45) is 2.49. The number of hydrogen-bond donors (Lipinski definition) is 0. The van der Waals surface area contributed by atoms with Crippen LogP contribution < -0.4 is 0 Å². The average molecular weight is 350 g/mol. The van der Waals surface area contributed by atoms with Crippen LogP contribution in [0.3, 0.4) is 0 Å². The van der Waals surface area contributed by atoms with Crippen LogP contribution in [0.2, 0.25) is 0 Å². The van der Waals surface area contributed by atoms with Gasteiger partial charge in [0.25, 0.3) is 5.91 Å². The fraction of sp³-hybridized carbons (Fsp3) is 0.273. The zero-order valence-corrected chi connectivity index (χ0v) is 12.3. The molecule has 2 aromatic heterocycles. The highest BCUT2D eigenvalue weighted by atomic mass is 79.9. The van der Waals surface area contributed by atoms with Crippen LogP contribution in [0.25, 0.3) is 0 Å². The van der Waals surface area contributed by atoms with Gasteiger partial charge in [0.2, 0.25) is 0 Å². The van der Waals surface area contributed by atoms with Crippen molar-refractivity contribution in [3.8, 4) is 0 Å². The van der Waals surface area contributed by atoms with Crippen molar-refractivity contribution in [2.45, 2.75) is 13.1 Å². The topological polar surface area (TPSA) is 38.1 Å². The van der Waals surface area contributed by atoms with Gasteiger partial charge >= 0.3 is 6.55 Å². The van der Waals surface area contributed by atoms with E-state index in [0.29, 0.717) is 5.56 Å². The third-order valence-electron chi connectivity index (χ3n) is 2.50. The van der Waals surface area contributed by atoms with Crippen molar-refractivity contribution in [2.75, 3.05) is 7.05 Å². The summed E-state index contributed by atoms with van der Waals surface area (Å²) in [5.41, 5.74) is 0.523. The van der Waals surface area contributed by atoms with E-state index in [1.54, 1.807) is 18.5 Å². The number of imidazole rings is 1. The molecule has 0 atom stereocenters. The van der Waals surface area contributed by atoms with Gasteiger partial charge in [0, 0.05) is 24.8 Å². The Bertz CT molecular complexity index is 584. The highest BCUT2D eigenvalue weighted by Gasteiger charge is 2.18. The Morgan fingerprint density at radius 2 is 2.37 bits per heavy atom. The van der Waals surface area contributed by atoms with Crippen molar-refractivity contribution in [2.24, 2.45) is 0 Å². The lowest BCUT2D eigenvalue weighted by atomic mass is 10.3. The average Bonchev–Trinajstić information content (AvgIpc) is 2.97. The molecular weight excluding hydrogens is 340 g/mol. The molecule has 2 rings (SSSR count). The lowest BCUT2D eigenvalue weighted by molar-refractivity contribution is 0.0612. The van der Waals surface area contributed by atoms with Gasteiger partial charge in [0.1, 0.15) is 5.82 Å². The van der Waals surface area contributed by atoms with Crippen LogP contribution in [-0.4, -0.2) is 27.4 Å². The smallest absolute Gasteiger partial charge is 0.319 e. The highest BCUT2D eigenvalue weighted by Crippen LogP contribution is 2.22. The van der Waals surface area contributed by atoms with Crippen molar-refractivity contribution in [1.82, 2.24) is 14.5 Å². The van der Waals surface area contributed by atoms with Crippen LogP contribution in [0, 0.1) is 0 Å². The minimum absolute atomic E-state index is 0.0314. The monoisotopic (exact) mass is 349 g/mol. The minimum atomic E-state index is -2.66. The Balaban J connectivity index is 2.10. The van der Waals surface area contributed by atoms with Crippen LogP contribution in [-0.2, 0) is 6.54 Å². The number of nitrogens with zero attached hydrogens (tertiary/aromatic N) is 3. The van der Waals surface area contributed by atoms with Gasteiger partial charge in [-0.15, -0.1) is 11.3 Å². The van der Waals surface area contributed by atoms with Gasteiger partial charge in [0.05, 0.1) is 15.9 Å². The number of halogens is 3. The summed E-state index contributed by atoms with van der Waals surface area (Å²) in [5.74, 6) is -0.0779. The molecular formula is C11H10BrF2N3OS. The number of alkyl halides is 2. The first kappa shape index (κ1) is 14.1. The molecule has 0 saturated heterocycles.